The molecule has 3 aromatic rings. The Balaban J connectivity index is 1.80. The molecular weight excluding hydrogens is 316 g/mol. The summed E-state index contributed by atoms with van der Waals surface area (Å²) in [5.74, 6) is -0.416. The van der Waals surface area contributed by atoms with Gasteiger partial charge in [-0.25, -0.2) is 0 Å². The number of carbonyl (C=O) groups excluding carboxylic acids is 2. The molecule has 0 fully saturated rings. The molecule has 6 heteroatoms. The molecule has 0 aliphatic rings. The molecule has 0 unspecified atom stereocenters. The zero-order valence-electron chi connectivity index (χ0n) is 14.6. The van der Waals surface area contributed by atoms with Crippen LogP contribution in [-0.4, -0.2) is 46.4 Å². The van der Waals surface area contributed by atoms with Crippen LogP contribution in [0.5, 0.6) is 0 Å². The van der Waals surface area contributed by atoms with Crippen molar-refractivity contribution in [2.75, 3.05) is 14.1 Å². The minimum atomic E-state index is -0.615. The van der Waals surface area contributed by atoms with E-state index in [-0.39, 0.29) is 11.8 Å². The molecule has 1 aromatic carbocycles. The van der Waals surface area contributed by atoms with Gasteiger partial charge in [0.05, 0.1) is 11.0 Å². The molecule has 0 aliphatic heterocycles. The normalized spacial score (nSPS) is 12.1. The van der Waals surface area contributed by atoms with Crippen LogP contribution in [-0.2, 0) is 18.3 Å². The molecule has 0 aliphatic carbocycles. The van der Waals surface area contributed by atoms with Crippen molar-refractivity contribution in [3.8, 4) is 0 Å². The van der Waals surface area contributed by atoms with E-state index in [0.29, 0.717) is 12.1 Å². The molecule has 2 N–H and O–H groups in total. The monoisotopic (exact) mass is 338 g/mol. The predicted molar refractivity (Wildman–Crippen MR) is 97.4 cm³/mol. The first kappa shape index (κ1) is 16.8. The zero-order chi connectivity index (χ0) is 18.0. The molecule has 130 valence electrons. The third-order valence-electron chi connectivity index (χ3n) is 4.24. The fraction of sp³-hybridized carbons (Fsp3) is 0.263. The lowest BCUT2D eigenvalue weighted by atomic mass is 10.0. The fourth-order valence-electron chi connectivity index (χ4n) is 2.87. The Bertz CT molecular complexity index is 893. The van der Waals surface area contributed by atoms with Crippen molar-refractivity contribution in [2.45, 2.75) is 12.5 Å². The lowest BCUT2D eigenvalue weighted by Crippen LogP contribution is -2.47. The average molecular weight is 338 g/mol. The zero-order valence-corrected chi connectivity index (χ0v) is 14.6. The van der Waals surface area contributed by atoms with Crippen LogP contribution in [0, 0.1) is 0 Å². The van der Waals surface area contributed by atoms with Crippen molar-refractivity contribution < 1.29 is 9.59 Å². The van der Waals surface area contributed by atoms with Gasteiger partial charge in [0.2, 0.25) is 5.91 Å². The van der Waals surface area contributed by atoms with E-state index in [1.165, 1.54) is 4.90 Å². The van der Waals surface area contributed by atoms with Crippen molar-refractivity contribution in [2.24, 2.45) is 7.05 Å². The standard InChI is InChI=1S/C19H22N4O2/c1-22(2)19(25)16(11-13-7-5-4-6-8-13)21-18(24)15-12-17-14(20-15)9-10-23(17)3/h4-10,12,16,20H,11H2,1-3H3,(H,21,24)/t16-/m1/s1. The molecule has 0 spiro atoms. The minimum absolute atomic E-state index is 0.131. The van der Waals surface area contributed by atoms with Crippen LogP contribution in [0.3, 0.4) is 0 Å². The first-order valence-electron chi connectivity index (χ1n) is 8.15. The topological polar surface area (TPSA) is 70.1 Å². The highest BCUT2D eigenvalue weighted by molar-refractivity contribution is 5.99. The molecule has 2 heterocycles. The number of fused-ring (bicyclic) bond motifs is 1. The number of aromatic nitrogens is 2. The summed E-state index contributed by atoms with van der Waals surface area (Å²) in [4.78, 5) is 29.7. The lowest BCUT2D eigenvalue weighted by Gasteiger charge is -2.21. The van der Waals surface area contributed by atoms with Crippen LogP contribution in [0.4, 0.5) is 0 Å². The van der Waals surface area contributed by atoms with Gasteiger partial charge in [0, 0.05) is 33.8 Å². The van der Waals surface area contributed by atoms with Crippen LogP contribution in [0.15, 0.2) is 48.7 Å². The van der Waals surface area contributed by atoms with Crippen molar-refractivity contribution in [3.05, 3.63) is 59.9 Å². The number of amides is 2. The van der Waals surface area contributed by atoms with Gasteiger partial charge in [0.1, 0.15) is 11.7 Å². The van der Waals surface area contributed by atoms with Gasteiger partial charge in [-0.15, -0.1) is 0 Å². The molecule has 2 aromatic heterocycles. The molecule has 25 heavy (non-hydrogen) atoms. The van der Waals surface area contributed by atoms with E-state index in [4.69, 9.17) is 0 Å². The van der Waals surface area contributed by atoms with Crippen LogP contribution < -0.4 is 5.32 Å². The molecular formula is C19H22N4O2. The summed E-state index contributed by atoms with van der Waals surface area (Å²) in [6.07, 6.45) is 2.38. The summed E-state index contributed by atoms with van der Waals surface area (Å²) in [6, 6.07) is 12.8. The van der Waals surface area contributed by atoms with Crippen LogP contribution >= 0.6 is 0 Å². The number of rotatable bonds is 5. The van der Waals surface area contributed by atoms with Gasteiger partial charge in [-0.3, -0.25) is 9.59 Å². The molecule has 1 atom stereocenters. The molecule has 2 amide bonds. The number of carbonyl (C=O) groups is 2. The van der Waals surface area contributed by atoms with E-state index in [1.807, 2.05) is 54.2 Å². The van der Waals surface area contributed by atoms with E-state index in [0.717, 1.165) is 16.6 Å². The maximum absolute atomic E-state index is 12.6. The fourth-order valence-corrected chi connectivity index (χ4v) is 2.87. The number of nitrogens with one attached hydrogen (secondary N) is 2. The Kier molecular flexibility index (Phi) is 4.61. The second-order valence-electron chi connectivity index (χ2n) is 6.36. The number of hydrogen-bond donors (Lipinski definition) is 2. The average Bonchev–Trinajstić information content (AvgIpc) is 3.17. The highest BCUT2D eigenvalue weighted by Gasteiger charge is 2.24. The minimum Gasteiger partial charge on any atom is -0.349 e. The van der Waals surface area contributed by atoms with Gasteiger partial charge in [-0.2, -0.15) is 0 Å². The van der Waals surface area contributed by atoms with Gasteiger partial charge in [0.25, 0.3) is 5.91 Å². The molecule has 0 radical (unpaired) electrons. The Morgan fingerprint density at radius 1 is 1.20 bits per heavy atom. The predicted octanol–water partition coefficient (Wildman–Crippen LogP) is 1.94. The second kappa shape index (κ2) is 6.84. The van der Waals surface area contributed by atoms with E-state index >= 15 is 0 Å². The first-order valence-corrected chi connectivity index (χ1v) is 8.15. The quantitative estimate of drug-likeness (QED) is 0.746. The first-order chi connectivity index (χ1) is 12.0. The molecule has 3 rings (SSSR count). The van der Waals surface area contributed by atoms with Gasteiger partial charge in [-0.1, -0.05) is 30.3 Å². The van der Waals surface area contributed by atoms with Gasteiger partial charge >= 0.3 is 0 Å². The number of aromatic amines is 1. The van der Waals surface area contributed by atoms with Crippen LogP contribution in [0.1, 0.15) is 16.1 Å². The smallest absolute Gasteiger partial charge is 0.268 e. The SMILES string of the molecule is CN(C)C(=O)[C@@H](Cc1ccccc1)NC(=O)c1cc2c(ccn2C)[nH]1. The Hall–Kier alpha value is -3.02. The summed E-state index contributed by atoms with van der Waals surface area (Å²) in [5.41, 5.74) is 3.29. The Morgan fingerprint density at radius 2 is 1.92 bits per heavy atom. The number of likely N-dealkylation sites (N-methyl/N-ethyl adjacent to an activating group) is 1. The van der Waals surface area contributed by atoms with Crippen molar-refractivity contribution in [3.63, 3.8) is 0 Å². The second-order valence-corrected chi connectivity index (χ2v) is 6.36. The van der Waals surface area contributed by atoms with Gasteiger partial charge < -0.3 is 19.8 Å². The molecule has 0 saturated heterocycles. The van der Waals surface area contributed by atoms with Crippen molar-refractivity contribution >= 4 is 22.8 Å². The van der Waals surface area contributed by atoms with Crippen LogP contribution in [0.25, 0.3) is 11.0 Å². The Morgan fingerprint density at radius 3 is 2.56 bits per heavy atom. The third-order valence-corrected chi connectivity index (χ3v) is 4.24. The lowest BCUT2D eigenvalue weighted by molar-refractivity contribution is -0.130. The van der Waals surface area contributed by atoms with Crippen LogP contribution in [0.2, 0.25) is 0 Å². The van der Waals surface area contributed by atoms with E-state index in [9.17, 15) is 9.59 Å². The summed E-state index contributed by atoms with van der Waals surface area (Å²) in [6.45, 7) is 0. The molecule has 6 nitrogen and oxygen atoms in total. The summed E-state index contributed by atoms with van der Waals surface area (Å²) in [5, 5.41) is 2.86. The molecule has 0 saturated carbocycles. The third kappa shape index (κ3) is 3.57. The van der Waals surface area contributed by atoms with Crippen molar-refractivity contribution in [1.82, 2.24) is 19.8 Å². The summed E-state index contributed by atoms with van der Waals surface area (Å²) < 4.78 is 1.94. The van der Waals surface area contributed by atoms with Crippen molar-refractivity contribution in [1.29, 1.82) is 0 Å². The maximum atomic E-state index is 12.6. The summed E-state index contributed by atoms with van der Waals surface area (Å²) in [7, 11) is 5.30. The summed E-state index contributed by atoms with van der Waals surface area (Å²) >= 11 is 0. The molecule has 0 bridgehead atoms. The number of nitrogens with zero attached hydrogens (tertiary/aromatic N) is 2. The van der Waals surface area contributed by atoms with Gasteiger partial charge in [-0.05, 0) is 17.7 Å². The van der Waals surface area contributed by atoms with E-state index in [2.05, 4.69) is 10.3 Å². The van der Waals surface area contributed by atoms with E-state index in [1.54, 1.807) is 20.2 Å². The highest BCUT2D eigenvalue weighted by Crippen LogP contribution is 2.16. The maximum Gasteiger partial charge on any atom is 0.268 e. The highest BCUT2D eigenvalue weighted by atomic mass is 16.2. The van der Waals surface area contributed by atoms with E-state index < -0.39 is 6.04 Å². The number of benzene rings is 1. The largest absolute Gasteiger partial charge is 0.349 e. The number of hydrogen-bond acceptors (Lipinski definition) is 2. The van der Waals surface area contributed by atoms with Gasteiger partial charge in [0.15, 0.2) is 0 Å². The number of H-pyrrole nitrogens is 1. The number of aryl methyl sites for hydroxylation is 1. The Labute approximate surface area is 146 Å².